The van der Waals surface area contributed by atoms with E-state index in [-0.39, 0.29) is 57.2 Å². The van der Waals surface area contributed by atoms with Gasteiger partial charge < -0.3 is 30.6 Å². The first-order valence-corrected chi connectivity index (χ1v) is 5.16. The van der Waals surface area contributed by atoms with Gasteiger partial charge in [0.2, 0.25) is 0 Å². The van der Waals surface area contributed by atoms with Crippen molar-refractivity contribution in [1.29, 1.82) is 0 Å². The van der Waals surface area contributed by atoms with Gasteiger partial charge in [-0.1, -0.05) is 26.7 Å². The molecule has 0 aromatic carbocycles. The molecule has 0 atom stereocenters. The Hall–Kier alpha value is 0.120. The van der Waals surface area contributed by atoms with Crippen LogP contribution in [0.4, 0.5) is 0 Å². The molecule has 3 N–H and O–H groups in total. The Bertz CT molecular complexity index is 149. The molecule has 0 heterocycles. The second kappa shape index (κ2) is 25.1. The molecule has 0 aliphatic rings. The molecule has 0 amide bonds. The molecule has 98 valence electrons. The first-order chi connectivity index (χ1) is 7.45. The standard InChI is InChI=1S/2C4H8O2.C2H7NO.Ca/c2*1-2-3-4(5)6;3-1-2-4;/h2*2-3H2,1H3,(H,5,6);4H,1-3H2;/q;;;+2/p-2. The van der Waals surface area contributed by atoms with Gasteiger partial charge in [0, 0.05) is 18.5 Å². The minimum Gasteiger partial charge on any atom is -0.550 e. The van der Waals surface area contributed by atoms with Crippen molar-refractivity contribution in [2.75, 3.05) is 13.2 Å². The number of nitrogens with two attached hydrogens (primary N) is 1. The van der Waals surface area contributed by atoms with E-state index in [1.165, 1.54) is 0 Å². The smallest absolute Gasteiger partial charge is 0.550 e. The average molecular weight is 275 g/mol. The zero-order chi connectivity index (χ0) is 13.4. The van der Waals surface area contributed by atoms with Crippen LogP contribution < -0.4 is 15.9 Å². The molecule has 0 unspecified atom stereocenters. The van der Waals surface area contributed by atoms with Crippen LogP contribution in [0, 0.1) is 0 Å². The maximum Gasteiger partial charge on any atom is 2.00 e. The van der Waals surface area contributed by atoms with E-state index in [0.29, 0.717) is 19.4 Å². The normalized spacial score (nSPS) is 7.53. The van der Waals surface area contributed by atoms with Gasteiger partial charge in [0.15, 0.2) is 0 Å². The average Bonchev–Trinajstić information content (AvgIpc) is 2.18. The van der Waals surface area contributed by atoms with Crippen molar-refractivity contribution in [3.05, 3.63) is 0 Å². The Morgan fingerprint density at radius 1 is 1.06 bits per heavy atom. The third-order valence-electron chi connectivity index (χ3n) is 1.04. The summed E-state index contributed by atoms with van der Waals surface area (Å²) < 4.78 is 0. The molecule has 0 aliphatic carbocycles. The monoisotopic (exact) mass is 275 g/mol. The van der Waals surface area contributed by atoms with Gasteiger partial charge in [-0.25, -0.2) is 0 Å². The quantitative estimate of drug-likeness (QED) is 0.540. The largest absolute Gasteiger partial charge is 2.00 e. The van der Waals surface area contributed by atoms with Crippen LogP contribution in [0.1, 0.15) is 39.5 Å². The Labute approximate surface area is 132 Å². The summed E-state index contributed by atoms with van der Waals surface area (Å²) in [5, 5.41) is 26.7. The van der Waals surface area contributed by atoms with Crippen LogP contribution in [-0.2, 0) is 9.59 Å². The second-order valence-electron chi connectivity index (χ2n) is 2.76. The van der Waals surface area contributed by atoms with Crippen molar-refractivity contribution in [3.63, 3.8) is 0 Å². The Morgan fingerprint density at radius 3 is 1.29 bits per heavy atom. The summed E-state index contributed by atoms with van der Waals surface area (Å²) in [5.74, 6) is -1.92. The first-order valence-electron chi connectivity index (χ1n) is 5.16. The fraction of sp³-hybridized carbons (Fsp3) is 0.800. The number of aliphatic hydroxyl groups excluding tert-OH is 1. The summed E-state index contributed by atoms with van der Waals surface area (Å²) in [6.07, 6.45) is 1.70. The van der Waals surface area contributed by atoms with E-state index in [9.17, 15) is 19.8 Å². The van der Waals surface area contributed by atoms with Gasteiger partial charge in [0.25, 0.3) is 0 Å². The molecule has 0 fully saturated rings. The van der Waals surface area contributed by atoms with Crippen molar-refractivity contribution >= 4 is 49.7 Å². The number of carboxylic acids is 2. The van der Waals surface area contributed by atoms with Gasteiger partial charge in [-0.05, 0) is 12.8 Å². The molecule has 0 aromatic rings. The van der Waals surface area contributed by atoms with Crippen molar-refractivity contribution in [3.8, 4) is 0 Å². The van der Waals surface area contributed by atoms with Crippen molar-refractivity contribution < 1.29 is 24.9 Å². The minimum absolute atomic E-state index is 0. The Kier molecular flexibility index (Phi) is 38.1. The van der Waals surface area contributed by atoms with Gasteiger partial charge in [0.05, 0.1) is 6.61 Å². The summed E-state index contributed by atoms with van der Waals surface area (Å²) in [6.45, 7) is 4.08. The summed E-state index contributed by atoms with van der Waals surface area (Å²) in [7, 11) is 0. The molecule has 7 heteroatoms. The molecule has 17 heavy (non-hydrogen) atoms. The molecule has 0 rings (SSSR count). The van der Waals surface area contributed by atoms with Crippen LogP contribution in [0.15, 0.2) is 0 Å². The van der Waals surface area contributed by atoms with Gasteiger partial charge in [-0.3, -0.25) is 0 Å². The number of hydrogen-bond acceptors (Lipinski definition) is 6. The molecule has 0 saturated heterocycles. The second-order valence-corrected chi connectivity index (χ2v) is 2.76. The number of rotatable bonds is 5. The van der Waals surface area contributed by atoms with E-state index in [1.54, 1.807) is 13.8 Å². The first kappa shape index (κ1) is 25.8. The van der Waals surface area contributed by atoms with Crippen LogP contribution in [0.3, 0.4) is 0 Å². The van der Waals surface area contributed by atoms with Crippen molar-refractivity contribution in [2.45, 2.75) is 39.5 Å². The van der Waals surface area contributed by atoms with E-state index in [1.807, 2.05) is 0 Å². The predicted octanol–water partition coefficient (Wildman–Crippen LogP) is -2.37. The van der Waals surface area contributed by atoms with E-state index >= 15 is 0 Å². The van der Waals surface area contributed by atoms with Gasteiger partial charge in [0.1, 0.15) is 0 Å². The van der Waals surface area contributed by atoms with E-state index < -0.39 is 11.9 Å². The number of hydrogen-bond donors (Lipinski definition) is 2. The third-order valence-corrected chi connectivity index (χ3v) is 1.04. The molecule has 0 bridgehead atoms. The number of carboxylic acid groups (broad SMARTS) is 2. The van der Waals surface area contributed by atoms with Crippen LogP contribution >= 0.6 is 0 Å². The predicted molar refractivity (Wildman–Crippen MR) is 61.7 cm³/mol. The van der Waals surface area contributed by atoms with Crippen LogP contribution in [0.2, 0.25) is 0 Å². The number of aliphatic hydroxyl groups is 1. The van der Waals surface area contributed by atoms with E-state index in [0.717, 1.165) is 0 Å². The summed E-state index contributed by atoms with van der Waals surface area (Å²) in [6, 6.07) is 0. The molecular formula is C10H21CaNO5. The molecule has 0 aromatic heterocycles. The van der Waals surface area contributed by atoms with E-state index in [2.05, 4.69) is 0 Å². The fourth-order valence-electron chi connectivity index (χ4n) is 0.408. The molecule has 6 nitrogen and oxygen atoms in total. The topological polar surface area (TPSA) is 127 Å². The summed E-state index contributed by atoms with van der Waals surface area (Å²) in [5.41, 5.74) is 4.78. The van der Waals surface area contributed by atoms with Gasteiger partial charge in [-0.2, -0.15) is 0 Å². The maximum absolute atomic E-state index is 9.49. The minimum atomic E-state index is -0.961. The number of carbonyl (C=O) groups is 2. The van der Waals surface area contributed by atoms with Crippen molar-refractivity contribution in [2.24, 2.45) is 5.73 Å². The molecule has 0 saturated carbocycles. The molecule has 0 radical (unpaired) electrons. The number of aliphatic carboxylic acids is 2. The zero-order valence-electron chi connectivity index (χ0n) is 10.6. The molecule has 0 spiro atoms. The Balaban J connectivity index is -0.0000000741. The molecule has 0 aliphatic heterocycles. The van der Waals surface area contributed by atoms with Gasteiger partial charge in [-0.15, -0.1) is 0 Å². The van der Waals surface area contributed by atoms with E-state index in [4.69, 9.17) is 10.8 Å². The zero-order valence-corrected chi connectivity index (χ0v) is 12.8. The van der Waals surface area contributed by atoms with Crippen LogP contribution in [0.25, 0.3) is 0 Å². The fourth-order valence-corrected chi connectivity index (χ4v) is 0.408. The summed E-state index contributed by atoms with van der Waals surface area (Å²) in [4.78, 5) is 19.0. The molecular weight excluding hydrogens is 254 g/mol. The SMILES string of the molecule is CCCC(=O)[O-].CCCC(=O)[O-].NCCO.[Ca+2]. The Morgan fingerprint density at radius 2 is 1.29 bits per heavy atom. The van der Waals surface area contributed by atoms with Crippen molar-refractivity contribution in [1.82, 2.24) is 0 Å². The van der Waals surface area contributed by atoms with Crippen LogP contribution in [0.5, 0.6) is 0 Å². The summed E-state index contributed by atoms with van der Waals surface area (Å²) >= 11 is 0. The van der Waals surface area contributed by atoms with Crippen LogP contribution in [-0.4, -0.2) is 67.9 Å². The van der Waals surface area contributed by atoms with Gasteiger partial charge >= 0.3 is 37.7 Å². The maximum atomic E-state index is 9.49. The number of carbonyl (C=O) groups excluding carboxylic acids is 2. The third kappa shape index (κ3) is 63.4.